The summed E-state index contributed by atoms with van der Waals surface area (Å²) in [6.45, 7) is 6.20. The van der Waals surface area contributed by atoms with E-state index in [4.69, 9.17) is 0 Å². The molecule has 0 N–H and O–H groups in total. The maximum absolute atomic E-state index is 10.8. The molecule has 3 heteroatoms. The predicted molar refractivity (Wildman–Crippen MR) is 56.1 cm³/mol. The van der Waals surface area contributed by atoms with Crippen molar-refractivity contribution >= 4 is 18.0 Å². The minimum absolute atomic E-state index is 0.158. The van der Waals surface area contributed by atoms with Crippen LogP contribution in [0.15, 0.2) is 0 Å². The van der Waals surface area contributed by atoms with E-state index < -0.39 is 0 Å². The summed E-state index contributed by atoms with van der Waals surface area (Å²) in [6, 6.07) is 0.759. The Kier molecular flexibility index (Phi) is 2.41. The summed E-state index contributed by atoms with van der Waals surface area (Å²) in [5.41, 5.74) is -0.158. The van der Waals surface area contributed by atoms with E-state index in [-0.39, 0.29) is 5.41 Å². The smallest absolute Gasteiger partial charge is 0.126 e. The molecule has 2 rings (SSSR count). The third-order valence-electron chi connectivity index (χ3n) is 2.94. The molecule has 2 aliphatic heterocycles. The fraction of sp³-hybridized carbons (Fsp3) is 0.900. The average molecular weight is 199 g/mol. The van der Waals surface area contributed by atoms with Crippen LogP contribution in [0.2, 0.25) is 0 Å². The van der Waals surface area contributed by atoms with Gasteiger partial charge in [-0.3, -0.25) is 4.90 Å². The lowest BCUT2D eigenvalue weighted by atomic mass is 9.95. The van der Waals surface area contributed by atoms with E-state index in [1.807, 2.05) is 13.8 Å². The summed E-state index contributed by atoms with van der Waals surface area (Å²) in [4.78, 5) is 13.3. The summed E-state index contributed by atoms with van der Waals surface area (Å²) in [5, 5.41) is 0.854. The zero-order valence-corrected chi connectivity index (χ0v) is 9.14. The van der Waals surface area contributed by atoms with Crippen LogP contribution >= 0.6 is 11.8 Å². The van der Waals surface area contributed by atoms with Crippen molar-refractivity contribution in [1.82, 2.24) is 4.90 Å². The predicted octanol–water partition coefficient (Wildman–Crippen LogP) is 1.40. The number of thioether (sulfide) groups is 1. The van der Waals surface area contributed by atoms with Crippen molar-refractivity contribution in [3.63, 3.8) is 0 Å². The van der Waals surface area contributed by atoms with Gasteiger partial charge >= 0.3 is 0 Å². The summed E-state index contributed by atoms with van der Waals surface area (Å²) in [7, 11) is 0. The monoisotopic (exact) mass is 199 g/mol. The molecule has 0 aliphatic carbocycles. The molecular formula is C10H17NOS. The third kappa shape index (κ3) is 1.91. The second-order valence-corrected chi connectivity index (χ2v) is 6.21. The largest absolute Gasteiger partial charge is 0.303 e. The van der Waals surface area contributed by atoms with Gasteiger partial charge in [-0.05, 0) is 6.42 Å². The molecule has 74 valence electrons. The molecule has 0 aromatic rings. The number of rotatable bonds is 3. The molecule has 2 atom stereocenters. The highest BCUT2D eigenvalue weighted by Crippen LogP contribution is 2.38. The van der Waals surface area contributed by atoms with Crippen LogP contribution in [0.3, 0.4) is 0 Å². The zero-order valence-electron chi connectivity index (χ0n) is 8.32. The minimum atomic E-state index is -0.158. The van der Waals surface area contributed by atoms with E-state index in [0.29, 0.717) is 0 Å². The number of nitrogens with zero attached hydrogens (tertiary/aromatic N) is 1. The number of fused-ring (bicyclic) bond motifs is 2. The Morgan fingerprint density at radius 3 is 2.85 bits per heavy atom. The Morgan fingerprint density at radius 2 is 2.38 bits per heavy atom. The van der Waals surface area contributed by atoms with Gasteiger partial charge in [-0.2, -0.15) is 11.8 Å². The number of carbonyl (C=O) groups is 1. The molecule has 13 heavy (non-hydrogen) atoms. The molecule has 2 aliphatic rings. The molecule has 2 bridgehead atoms. The lowest BCUT2D eigenvalue weighted by Crippen LogP contribution is -2.41. The van der Waals surface area contributed by atoms with Gasteiger partial charge in [0.25, 0.3) is 0 Å². The highest BCUT2D eigenvalue weighted by atomic mass is 32.2. The molecular weight excluding hydrogens is 182 g/mol. The Bertz CT molecular complexity index is 217. The van der Waals surface area contributed by atoms with Crippen LogP contribution in [0.4, 0.5) is 0 Å². The van der Waals surface area contributed by atoms with Gasteiger partial charge in [0.05, 0.1) is 0 Å². The van der Waals surface area contributed by atoms with Gasteiger partial charge in [-0.1, -0.05) is 13.8 Å². The zero-order chi connectivity index (χ0) is 9.47. The van der Waals surface area contributed by atoms with Gasteiger partial charge in [0.2, 0.25) is 0 Å². The first-order chi connectivity index (χ1) is 6.11. The molecule has 0 aromatic carbocycles. The highest BCUT2D eigenvalue weighted by molar-refractivity contribution is 8.00. The molecule has 0 radical (unpaired) electrons. The minimum Gasteiger partial charge on any atom is -0.303 e. The first kappa shape index (κ1) is 9.53. The highest BCUT2D eigenvalue weighted by Gasteiger charge is 2.40. The molecule has 0 saturated carbocycles. The van der Waals surface area contributed by atoms with Crippen LogP contribution in [0.5, 0.6) is 0 Å². The van der Waals surface area contributed by atoms with Crippen LogP contribution in [0, 0.1) is 5.41 Å². The molecule has 2 unspecified atom stereocenters. The Balaban J connectivity index is 1.93. The number of hydrogen-bond donors (Lipinski definition) is 0. The van der Waals surface area contributed by atoms with Crippen molar-refractivity contribution in [1.29, 1.82) is 0 Å². The van der Waals surface area contributed by atoms with E-state index in [2.05, 4.69) is 16.7 Å². The molecule has 2 saturated heterocycles. The standard InChI is InChI=1S/C10H17NOS/c1-10(2,7-12)6-11-4-9-3-8(11)5-13-9/h7-9H,3-6H2,1-2H3. The number of hydrogen-bond acceptors (Lipinski definition) is 3. The van der Waals surface area contributed by atoms with Crippen LogP contribution in [-0.2, 0) is 4.79 Å². The van der Waals surface area contributed by atoms with Crippen LogP contribution in [-0.4, -0.2) is 41.3 Å². The molecule has 0 amide bonds. The SMILES string of the molecule is CC(C)(C=O)CN1CC2CC1CS2. The fourth-order valence-electron chi connectivity index (χ4n) is 2.23. The second kappa shape index (κ2) is 3.28. The molecule has 2 fully saturated rings. The van der Waals surface area contributed by atoms with Crippen molar-refractivity contribution in [2.45, 2.75) is 31.6 Å². The summed E-state index contributed by atoms with van der Waals surface area (Å²) in [5.74, 6) is 1.28. The summed E-state index contributed by atoms with van der Waals surface area (Å²) in [6.07, 6.45) is 2.44. The van der Waals surface area contributed by atoms with E-state index in [9.17, 15) is 4.79 Å². The summed E-state index contributed by atoms with van der Waals surface area (Å²) >= 11 is 2.10. The van der Waals surface area contributed by atoms with Crippen LogP contribution < -0.4 is 0 Å². The van der Waals surface area contributed by atoms with Crippen molar-refractivity contribution in [3.05, 3.63) is 0 Å². The summed E-state index contributed by atoms with van der Waals surface area (Å²) < 4.78 is 0. The van der Waals surface area contributed by atoms with Gasteiger partial charge in [-0.15, -0.1) is 0 Å². The number of likely N-dealkylation sites (tertiary alicyclic amines) is 1. The van der Waals surface area contributed by atoms with Crippen LogP contribution in [0.1, 0.15) is 20.3 Å². The first-order valence-electron chi connectivity index (χ1n) is 4.93. The van der Waals surface area contributed by atoms with Gasteiger partial charge < -0.3 is 4.79 Å². The lowest BCUT2D eigenvalue weighted by molar-refractivity contribution is -0.115. The van der Waals surface area contributed by atoms with E-state index >= 15 is 0 Å². The maximum atomic E-state index is 10.8. The van der Waals surface area contributed by atoms with E-state index in [0.717, 1.165) is 24.1 Å². The molecule has 2 nitrogen and oxygen atoms in total. The Labute approximate surface area is 84.1 Å². The van der Waals surface area contributed by atoms with Crippen molar-refractivity contribution < 1.29 is 4.79 Å². The first-order valence-corrected chi connectivity index (χ1v) is 5.97. The maximum Gasteiger partial charge on any atom is 0.126 e. The van der Waals surface area contributed by atoms with E-state index in [1.54, 1.807) is 0 Å². The lowest BCUT2D eigenvalue weighted by Gasteiger charge is -2.31. The average Bonchev–Trinajstić information content (AvgIpc) is 2.64. The van der Waals surface area contributed by atoms with Gasteiger partial charge in [0, 0.05) is 35.5 Å². The molecule has 0 aromatic heterocycles. The molecule has 2 heterocycles. The van der Waals surface area contributed by atoms with Crippen molar-refractivity contribution in [2.75, 3.05) is 18.8 Å². The fourth-order valence-corrected chi connectivity index (χ4v) is 3.73. The number of aldehydes is 1. The van der Waals surface area contributed by atoms with Gasteiger partial charge in [-0.25, -0.2) is 0 Å². The Hall–Kier alpha value is -0.0200. The molecule has 0 spiro atoms. The third-order valence-corrected chi connectivity index (χ3v) is 4.33. The van der Waals surface area contributed by atoms with Gasteiger partial charge in [0.15, 0.2) is 0 Å². The topological polar surface area (TPSA) is 20.3 Å². The van der Waals surface area contributed by atoms with Crippen molar-refractivity contribution in [3.8, 4) is 0 Å². The van der Waals surface area contributed by atoms with Crippen LogP contribution in [0.25, 0.3) is 0 Å². The Morgan fingerprint density at radius 1 is 1.62 bits per heavy atom. The normalized spacial score (nSPS) is 34.0. The van der Waals surface area contributed by atoms with Gasteiger partial charge in [0.1, 0.15) is 6.29 Å². The quantitative estimate of drug-likeness (QED) is 0.641. The second-order valence-electron chi connectivity index (χ2n) is 4.88. The van der Waals surface area contributed by atoms with E-state index in [1.165, 1.54) is 18.7 Å². The van der Waals surface area contributed by atoms with Crippen molar-refractivity contribution in [2.24, 2.45) is 5.41 Å². The number of carbonyl (C=O) groups excluding carboxylic acids is 1.